The molecule has 0 amide bonds. The minimum atomic E-state index is 0.462. The summed E-state index contributed by atoms with van der Waals surface area (Å²) in [4.78, 5) is 2.48. The first-order valence-electron chi connectivity index (χ1n) is 4.12. The summed E-state index contributed by atoms with van der Waals surface area (Å²) in [7, 11) is 2.22. The van der Waals surface area contributed by atoms with Gasteiger partial charge < -0.3 is 4.74 Å². The Morgan fingerprint density at radius 2 is 2.20 bits per heavy atom. The third-order valence-corrected chi connectivity index (χ3v) is 2.99. The lowest BCUT2D eigenvalue weighted by molar-refractivity contribution is -0.0547. The van der Waals surface area contributed by atoms with Crippen LogP contribution in [0.5, 0.6) is 0 Å². The van der Waals surface area contributed by atoms with Gasteiger partial charge in [0.15, 0.2) is 0 Å². The number of rotatable bonds is 0. The zero-order valence-electron chi connectivity index (χ0n) is 6.71. The molecule has 2 rings (SSSR count). The maximum Gasteiger partial charge on any atom is 0.0702 e. The van der Waals surface area contributed by atoms with Crippen molar-refractivity contribution in [3.8, 4) is 0 Å². The second-order valence-corrected chi connectivity index (χ2v) is 3.50. The number of hydrogen-bond acceptors (Lipinski definition) is 2. The van der Waals surface area contributed by atoms with Crippen LogP contribution in [-0.2, 0) is 4.74 Å². The average molecular weight is 141 g/mol. The first-order valence-corrected chi connectivity index (χ1v) is 4.12. The Bertz CT molecular complexity index is 137. The highest BCUT2D eigenvalue weighted by atomic mass is 16.5. The molecule has 2 heterocycles. The van der Waals surface area contributed by atoms with Crippen molar-refractivity contribution in [3.63, 3.8) is 0 Å². The summed E-state index contributed by atoms with van der Waals surface area (Å²) in [6.45, 7) is 3.14. The molecule has 0 aromatic rings. The molecular formula is C8H15NO. The van der Waals surface area contributed by atoms with Crippen molar-refractivity contribution >= 4 is 0 Å². The zero-order chi connectivity index (χ0) is 7.14. The van der Waals surface area contributed by atoms with Crippen molar-refractivity contribution in [2.24, 2.45) is 0 Å². The van der Waals surface area contributed by atoms with E-state index in [-0.39, 0.29) is 0 Å². The fraction of sp³-hybridized carbons (Fsp3) is 1.00. The first kappa shape index (κ1) is 6.62. The van der Waals surface area contributed by atoms with E-state index in [9.17, 15) is 0 Å². The Hall–Kier alpha value is -0.0800. The van der Waals surface area contributed by atoms with Crippen LogP contribution in [0, 0.1) is 0 Å². The average Bonchev–Trinajstić information content (AvgIpc) is 2.13. The van der Waals surface area contributed by atoms with Crippen molar-refractivity contribution in [2.45, 2.75) is 38.0 Å². The highest BCUT2D eigenvalue weighted by Gasteiger charge is 2.38. The van der Waals surface area contributed by atoms with E-state index < -0.39 is 0 Å². The number of morpholine rings is 1. The summed E-state index contributed by atoms with van der Waals surface area (Å²) in [5.74, 6) is 0. The summed E-state index contributed by atoms with van der Waals surface area (Å²) in [5.41, 5.74) is 0. The molecule has 2 bridgehead atoms. The highest BCUT2D eigenvalue weighted by Crippen LogP contribution is 2.30. The van der Waals surface area contributed by atoms with E-state index in [0.29, 0.717) is 12.1 Å². The Morgan fingerprint density at radius 1 is 1.40 bits per heavy atom. The van der Waals surface area contributed by atoms with E-state index in [4.69, 9.17) is 4.74 Å². The van der Waals surface area contributed by atoms with Crippen molar-refractivity contribution in [3.05, 3.63) is 0 Å². The summed E-state index contributed by atoms with van der Waals surface area (Å²) in [5, 5.41) is 0. The lowest BCUT2D eigenvalue weighted by Gasteiger charge is -2.35. The number of fused-ring (bicyclic) bond motifs is 2. The van der Waals surface area contributed by atoms with Gasteiger partial charge in [0.1, 0.15) is 0 Å². The molecule has 0 aliphatic carbocycles. The van der Waals surface area contributed by atoms with Gasteiger partial charge in [-0.25, -0.2) is 0 Å². The largest absolute Gasteiger partial charge is 0.375 e. The summed E-state index contributed by atoms with van der Waals surface area (Å²) in [6, 6.07) is 1.43. The Morgan fingerprint density at radius 3 is 2.90 bits per heavy atom. The number of nitrogens with zero attached hydrogens (tertiary/aromatic N) is 1. The molecule has 58 valence electrons. The van der Waals surface area contributed by atoms with Gasteiger partial charge in [-0.3, -0.25) is 4.90 Å². The van der Waals surface area contributed by atoms with Gasteiger partial charge in [-0.2, -0.15) is 0 Å². The predicted octanol–water partition coefficient (Wildman–Crippen LogP) is 0.868. The molecule has 0 N–H and O–H groups in total. The predicted molar refractivity (Wildman–Crippen MR) is 40.0 cm³/mol. The van der Waals surface area contributed by atoms with Gasteiger partial charge in [0.25, 0.3) is 0 Å². The molecule has 10 heavy (non-hydrogen) atoms. The monoisotopic (exact) mass is 141 g/mol. The van der Waals surface area contributed by atoms with Crippen LogP contribution in [-0.4, -0.2) is 36.7 Å². The molecule has 0 aromatic carbocycles. The van der Waals surface area contributed by atoms with Crippen LogP contribution in [0.1, 0.15) is 19.8 Å². The highest BCUT2D eigenvalue weighted by molar-refractivity contribution is 4.92. The minimum absolute atomic E-state index is 0.462. The maximum atomic E-state index is 5.59. The molecule has 0 saturated carbocycles. The van der Waals surface area contributed by atoms with E-state index in [1.165, 1.54) is 12.8 Å². The molecule has 2 saturated heterocycles. The second kappa shape index (κ2) is 2.21. The van der Waals surface area contributed by atoms with Gasteiger partial charge in [-0.15, -0.1) is 0 Å². The molecule has 2 aliphatic rings. The molecule has 3 atom stereocenters. The van der Waals surface area contributed by atoms with Crippen molar-refractivity contribution in [2.75, 3.05) is 13.7 Å². The van der Waals surface area contributed by atoms with E-state index in [2.05, 4.69) is 18.9 Å². The van der Waals surface area contributed by atoms with Crippen LogP contribution in [0.3, 0.4) is 0 Å². The molecule has 2 heteroatoms. The fourth-order valence-electron chi connectivity index (χ4n) is 2.18. The summed E-state index contributed by atoms with van der Waals surface area (Å²) in [6.07, 6.45) is 3.14. The number of ether oxygens (including phenoxy) is 1. The summed E-state index contributed by atoms with van der Waals surface area (Å²) >= 11 is 0. The quantitative estimate of drug-likeness (QED) is 0.496. The van der Waals surface area contributed by atoms with Gasteiger partial charge in [0.05, 0.1) is 12.7 Å². The minimum Gasteiger partial charge on any atom is -0.375 e. The van der Waals surface area contributed by atoms with Crippen LogP contribution < -0.4 is 0 Å². The Balaban J connectivity index is 2.13. The zero-order valence-corrected chi connectivity index (χ0v) is 6.71. The van der Waals surface area contributed by atoms with Crippen LogP contribution in [0.2, 0.25) is 0 Å². The van der Waals surface area contributed by atoms with Gasteiger partial charge in [0.2, 0.25) is 0 Å². The summed E-state index contributed by atoms with van der Waals surface area (Å²) < 4.78 is 5.59. The number of hydrogen-bond donors (Lipinski definition) is 0. The van der Waals surface area contributed by atoms with Gasteiger partial charge >= 0.3 is 0 Å². The van der Waals surface area contributed by atoms with Crippen LogP contribution >= 0.6 is 0 Å². The van der Waals surface area contributed by atoms with E-state index in [1.54, 1.807) is 0 Å². The molecular weight excluding hydrogens is 126 g/mol. The SMILES string of the molecule is C[C@H]1OCC2CCC1N2C. The van der Waals surface area contributed by atoms with E-state index in [1.807, 2.05) is 0 Å². The second-order valence-electron chi connectivity index (χ2n) is 3.50. The van der Waals surface area contributed by atoms with Gasteiger partial charge in [0, 0.05) is 12.1 Å². The van der Waals surface area contributed by atoms with Crippen LogP contribution in [0.25, 0.3) is 0 Å². The van der Waals surface area contributed by atoms with Crippen molar-refractivity contribution < 1.29 is 4.74 Å². The topological polar surface area (TPSA) is 12.5 Å². The Kier molecular flexibility index (Phi) is 1.46. The van der Waals surface area contributed by atoms with Crippen LogP contribution in [0.4, 0.5) is 0 Å². The smallest absolute Gasteiger partial charge is 0.0702 e. The third-order valence-electron chi connectivity index (χ3n) is 2.99. The van der Waals surface area contributed by atoms with E-state index in [0.717, 1.165) is 12.6 Å². The van der Waals surface area contributed by atoms with Gasteiger partial charge in [-0.05, 0) is 26.8 Å². The third kappa shape index (κ3) is 0.789. The molecule has 2 fully saturated rings. The Labute approximate surface area is 62.2 Å². The lowest BCUT2D eigenvalue weighted by Crippen LogP contribution is -2.47. The fourth-order valence-corrected chi connectivity index (χ4v) is 2.18. The van der Waals surface area contributed by atoms with Crippen molar-refractivity contribution in [1.82, 2.24) is 4.90 Å². The van der Waals surface area contributed by atoms with Crippen molar-refractivity contribution in [1.29, 1.82) is 0 Å². The molecule has 0 aromatic heterocycles. The first-order chi connectivity index (χ1) is 4.79. The van der Waals surface area contributed by atoms with E-state index >= 15 is 0 Å². The van der Waals surface area contributed by atoms with Crippen LogP contribution in [0.15, 0.2) is 0 Å². The molecule has 2 aliphatic heterocycles. The molecule has 0 radical (unpaired) electrons. The lowest BCUT2D eigenvalue weighted by atomic mass is 10.1. The van der Waals surface area contributed by atoms with Gasteiger partial charge in [-0.1, -0.05) is 0 Å². The standard InChI is InChI=1S/C8H15NO/c1-6-8-4-3-7(5-10-6)9(8)2/h6-8H,3-5H2,1-2H3/t6-,7?,8?/m1/s1. The molecule has 2 unspecified atom stereocenters. The normalized spacial score (nSPS) is 48.0. The maximum absolute atomic E-state index is 5.59. The molecule has 0 spiro atoms. The number of likely N-dealkylation sites (N-methyl/N-ethyl adjacent to an activating group) is 1. The molecule has 2 nitrogen and oxygen atoms in total.